The second-order valence-corrected chi connectivity index (χ2v) is 5.45. The third-order valence-corrected chi connectivity index (χ3v) is 3.62. The lowest BCUT2D eigenvalue weighted by atomic mass is 10.4. The fourth-order valence-electron chi connectivity index (χ4n) is 1.39. The Balaban J connectivity index is 1.78. The average molecular weight is 340 g/mol. The van der Waals surface area contributed by atoms with Crippen LogP contribution in [0.1, 0.15) is 5.76 Å². The Morgan fingerprint density at radius 2 is 2.09 bits per heavy atom. The summed E-state index contributed by atoms with van der Waals surface area (Å²) in [6.07, 6.45) is 1.19. The molecule has 2 aromatic rings. The number of hydrazone groups is 1. The van der Waals surface area contributed by atoms with Gasteiger partial charge in [0.05, 0.1) is 18.0 Å². The number of carbonyl (C=O) groups is 1. The van der Waals surface area contributed by atoms with E-state index >= 15 is 0 Å². The quantitative estimate of drug-likeness (QED) is 0.377. The summed E-state index contributed by atoms with van der Waals surface area (Å²) in [5, 5.41) is 14.7. The van der Waals surface area contributed by atoms with Crippen LogP contribution >= 0.6 is 23.4 Å². The number of hydrogen-bond donors (Lipinski definition) is 1. The number of hydrogen-bond acceptors (Lipinski definition) is 6. The van der Waals surface area contributed by atoms with Gasteiger partial charge in [-0.1, -0.05) is 11.6 Å². The summed E-state index contributed by atoms with van der Waals surface area (Å²) >= 11 is 7.10. The van der Waals surface area contributed by atoms with Gasteiger partial charge in [-0.2, -0.15) is 5.10 Å². The van der Waals surface area contributed by atoms with Crippen molar-refractivity contribution in [2.75, 3.05) is 5.75 Å². The predicted molar refractivity (Wildman–Crippen MR) is 83.3 cm³/mol. The third-order valence-electron chi connectivity index (χ3n) is 2.36. The molecule has 7 nitrogen and oxygen atoms in total. The lowest BCUT2D eigenvalue weighted by Crippen LogP contribution is -2.19. The highest BCUT2D eigenvalue weighted by atomic mass is 35.5. The molecule has 0 atom stereocenters. The maximum Gasteiger partial charge on any atom is 0.433 e. The molecule has 0 radical (unpaired) electrons. The summed E-state index contributed by atoms with van der Waals surface area (Å²) in [7, 11) is 0. The molecular formula is C13H10ClN3O4S. The number of nitro groups is 1. The zero-order chi connectivity index (χ0) is 15.9. The van der Waals surface area contributed by atoms with Crippen LogP contribution in [0.3, 0.4) is 0 Å². The second kappa shape index (κ2) is 7.62. The Labute approximate surface area is 134 Å². The minimum Gasteiger partial charge on any atom is -0.400 e. The van der Waals surface area contributed by atoms with Crippen molar-refractivity contribution in [3.63, 3.8) is 0 Å². The number of benzene rings is 1. The molecular weight excluding hydrogens is 330 g/mol. The van der Waals surface area contributed by atoms with Crippen LogP contribution in [0.4, 0.5) is 5.88 Å². The molecule has 1 amide bonds. The number of furan rings is 1. The maximum atomic E-state index is 11.6. The maximum absolute atomic E-state index is 11.6. The lowest BCUT2D eigenvalue weighted by Gasteiger charge is -2.00. The SMILES string of the molecule is O=C(CSc1ccc(Cl)cc1)N/N=C\c1ccc([N+](=O)[O-])o1. The van der Waals surface area contributed by atoms with Crippen LogP contribution in [0.25, 0.3) is 0 Å². The monoisotopic (exact) mass is 339 g/mol. The van der Waals surface area contributed by atoms with Crippen molar-refractivity contribution in [3.05, 3.63) is 57.3 Å². The average Bonchev–Trinajstić information content (AvgIpc) is 2.96. The summed E-state index contributed by atoms with van der Waals surface area (Å²) in [6.45, 7) is 0. The van der Waals surface area contributed by atoms with Gasteiger partial charge in [-0.3, -0.25) is 14.9 Å². The highest BCUT2D eigenvalue weighted by Crippen LogP contribution is 2.19. The standard InChI is InChI=1S/C13H10ClN3O4S/c14-9-1-4-11(5-2-9)22-8-12(18)16-15-7-10-3-6-13(21-10)17(19)20/h1-7H,8H2,(H,16,18)/b15-7-. The number of rotatable bonds is 6. The van der Waals surface area contributed by atoms with Gasteiger partial charge in [0, 0.05) is 9.92 Å². The molecule has 0 aliphatic carbocycles. The fourth-order valence-corrected chi connectivity index (χ4v) is 2.21. The van der Waals surface area contributed by atoms with E-state index in [2.05, 4.69) is 10.5 Å². The fraction of sp³-hybridized carbons (Fsp3) is 0.0769. The van der Waals surface area contributed by atoms with E-state index in [4.69, 9.17) is 16.0 Å². The number of amides is 1. The first-order valence-corrected chi connectivity index (χ1v) is 7.35. The molecule has 0 fully saturated rings. The van der Waals surface area contributed by atoms with Gasteiger partial charge in [0.15, 0.2) is 5.76 Å². The van der Waals surface area contributed by atoms with E-state index in [0.717, 1.165) is 4.90 Å². The molecule has 0 unspecified atom stereocenters. The highest BCUT2D eigenvalue weighted by Gasteiger charge is 2.10. The largest absolute Gasteiger partial charge is 0.433 e. The van der Waals surface area contributed by atoms with Crippen LogP contribution < -0.4 is 5.43 Å². The minimum absolute atomic E-state index is 0.178. The molecule has 1 N–H and O–H groups in total. The van der Waals surface area contributed by atoms with Crippen LogP contribution in [0.2, 0.25) is 5.02 Å². The van der Waals surface area contributed by atoms with Gasteiger partial charge in [-0.05, 0) is 30.3 Å². The summed E-state index contributed by atoms with van der Waals surface area (Å²) in [5.74, 6) is -0.335. The number of nitrogens with one attached hydrogen (secondary N) is 1. The van der Waals surface area contributed by atoms with Crippen LogP contribution in [-0.4, -0.2) is 22.8 Å². The van der Waals surface area contributed by atoms with E-state index in [1.54, 1.807) is 12.1 Å². The lowest BCUT2D eigenvalue weighted by molar-refractivity contribution is -0.402. The van der Waals surface area contributed by atoms with Gasteiger partial charge in [0.25, 0.3) is 0 Å². The molecule has 0 saturated heterocycles. The van der Waals surface area contributed by atoms with Crippen molar-refractivity contribution in [1.29, 1.82) is 0 Å². The van der Waals surface area contributed by atoms with Gasteiger partial charge in [-0.15, -0.1) is 11.8 Å². The zero-order valence-corrected chi connectivity index (χ0v) is 12.6. The van der Waals surface area contributed by atoms with Gasteiger partial charge in [0.2, 0.25) is 5.91 Å². The highest BCUT2D eigenvalue weighted by molar-refractivity contribution is 8.00. The van der Waals surface area contributed by atoms with Crippen LogP contribution in [0.15, 0.2) is 50.8 Å². The van der Waals surface area contributed by atoms with Crippen molar-refractivity contribution in [3.8, 4) is 0 Å². The first kappa shape index (κ1) is 16.1. The number of nitrogens with zero attached hydrogens (tertiary/aromatic N) is 2. The van der Waals surface area contributed by atoms with Gasteiger partial charge < -0.3 is 4.42 Å². The topological polar surface area (TPSA) is 97.7 Å². The summed E-state index contributed by atoms with van der Waals surface area (Å²) < 4.78 is 4.85. The first-order valence-electron chi connectivity index (χ1n) is 5.99. The van der Waals surface area contributed by atoms with Gasteiger partial charge >= 0.3 is 5.88 Å². The van der Waals surface area contributed by atoms with Crippen LogP contribution in [-0.2, 0) is 4.79 Å². The predicted octanol–water partition coefficient (Wildman–Crippen LogP) is 3.08. The molecule has 1 heterocycles. The van der Waals surface area contributed by atoms with E-state index in [1.165, 1.54) is 30.1 Å². The molecule has 2 rings (SSSR count). The minimum atomic E-state index is -0.654. The molecule has 114 valence electrons. The van der Waals surface area contributed by atoms with Crippen LogP contribution in [0, 0.1) is 10.1 Å². The Bertz CT molecular complexity index is 700. The van der Waals surface area contributed by atoms with Crippen molar-refractivity contribution < 1.29 is 14.1 Å². The molecule has 0 spiro atoms. The first-order chi connectivity index (χ1) is 10.5. The normalized spacial score (nSPS) is 10.8. The Morgan fingerprint density at radius 3 is 2.73 bits per heavy atom. The van der Waals surface area contributed by atoms with Crippen molar-refractivity contribution in [1.82, 2.24) is 5.43 Å². The summed E-state index contributed by atoms with van der Waals surface area (Å²) in [5.41, 5.74) is 2.31. The van der Waals surface area contributed by atoms with Gasteiger partial charge in [0.1, 0.15) is 4.92 Å². The molecule has 1 aromatic heterocycles. The van der Waals surface area contributed by atoms with E-state index in [9.17, 15) is 14.9 Å². The molecule has 9 heteroatoms. The summed E-state index contributed by atoms with van der Waals surface area (Å²) in [6, 6.07) is 9.69. The Morgan fingerprint density at radius 1 is 1.36 bits per heavy atom. The van der Waals surface area contributed by atoms with Crippen molar-refractivity contribution in [2.24, 2.45) is 5.10 Å². The molecule has 1 aromatic carbocycles. The smallest absolute Gasteiger partial charge is 0.400 e. The van der Waals surface area contributed by atoms with Crippen molar-refractivity contribution in [2.45, 2.75) is 4.90 Å². The third kappa shape index (κ3) is 4.90. The number of carbonyl (C=O) groups excluding carboxylic acids is 1. The summed E-state index contributed by atoms with van der Waals surface area (Å²) in [4.78, 5) is 22.3. The van der Waals surface area contributed by atoms with E-state index in [-0.39, 0.29) is 23.3 Å². The number of thioether (sulfide) groups is 1. The zero-order valence-electron chi connectivity index (χ0n) is 11.1. The molecule has 0 aliphatic heterocycles. The van der Waals surface area contributed by atoms with E-state index in [1.807, 2.05) is 12.1 Å². The van der Waals surface area contributed by atoms with E-state index < -0.39 is 4.92 Å². The molecule has 22 heavy (non-hydrogen) atoms. The van der Waals surface area contributed by atoms with Crippen LogP contribution in [0.5, 0.6) is 0 Å². The van der Waals surface area contributed by atoms with Crippen molar-refractivity contribution >= 4 is 41.4 Å². The molecule has 0 bridgehead atoms. The number of halogens is 1. The Kier molecular flexibility index (Phi) is 5.56. The second-order valence-electron chi connectivity index (χ2n) is 3.97. The molecule has 0 saturated carbocycles. The van der Waals surface area contributed by atoms with E-state index in [0.29, 0.717) is 5.02 Å². The Hall–Kier alpha value is -2.32. The van der Waals surface area contributed by atoms with Gasteiger partial charge in [-0.25, -0.2) is 5.43 Å². The molecule has 0 aliphatic rings.